The molecule has 2 rings (SSSR count). The van der Waals surface area contributed by atoms with Gasteiger partial charge in [0.1, 0.15) is 12.1 Å². The zero-order chi connectivity index (χ0) is 14.9. The van der Waals surface area contributed by atoms with Crippen LogP contribution in [0.25, 0.3) is 0 Å². The van der Waals surface area contributed by atoms with Gasteiger partial charge in [-0.1, -0.05) is 0 Å². The summed E-state index contributed by atoms with van der Waals surface area (Å²) in [4.78, 5) is 27.4. The van der Waals surface area contributed by atoms with Gasteiger partial charge < -0.3 is 9.80 Å². The topological polar surface area (TPSA) is 40.6 Å². The molecule has 114 valence electrons. The van der Waals surface area contributed by atoms with Gasteiger partial charge in [0.25, 0.3) is 0 Å². The summed E-state index contributed by atoms with van der Waals surface area (Å²) in [6, 6.07) is -0.941. The SMILES string of the molecule is CC1C(=O)N2CCCC2C(=O)N1CCCCC(F)(F)F. The molecule has 2 amide bonds. The van der Waals surface area contributed by atoms with Crippen molar-refractivity contribution in [3.05, 3.63) is 0 Å². The van der Waals surface area contributed by atoms with Crippen LogP contribution in [0.15, 0.2) is 0 Å². The summed E-state index contributed by atoms with van der Waals surface area (Å²) >= 11 is 0. The minimum Gasteiger partial charge on any atom is -0.329 e. The summed E-state index contributed by atoms with van der Waals surface area (Å²) < 4.78 is 36.2. The molecule has 0 spiro atoms. The molecule has 4 nitrogen and oxygen atoms in total. The van der Waals surface area contributed by atoms with Crippen LogP contribution in [-0.2, 0) is 9.59 Å². The van der Waals surface area contributed by atoms with Crippen LogP contribution >= 0.6 is 0 Å². The fourth-order valence-electron chi connectivity index (χ4n) is 2.95. The van der Waals surface area contributed by atoms with E-state index in [0.717, 1.165) is 6.42 Å². The van der Waals surface area contributed by atoms with Gasteiger partial charge in [-0.25, -0.2) is 0 Å². The average Bonchev–Trinajstić information content (AvgIpc) is 2.83. The molecule has 2 fully saturated rings. The Bertz CT molecular complexity index is 398. The van der Waals surface area contributed by atoms with E-state index in [9.17, 15) is 22.8 Å². The highest BCUT2D eigenvalue weighted by atomic mass is 19.4. The molecule has 20 heavy (non-hydrogen) atoms. The Labute approximate surface area is 115 Å². The summed E-state index contributed by atoms with van der Waals surface area (Å²) in [7, 11) is 0. The van der Waals surface area contributed by atoms with Crippen molar-refractivity contribution in [2.75, 3.05) is 13.1 Å². The van der Waals surface area contributed by atoms with Crippen molar-refractivity contribution < 1.29 is 22.8 Å². The molecule has 0 radical (unpaired) electrons. The maximum Gasteiger partial charge on any atom is 0.389 e. The maximum atomic E-state index is 12.3. The largest absolute Gasteiger partial charge is 0.389 e. The van der Waals surface area contributed by atoms with E-state index < -0.39 is 18.6 Å². The van der Waals surface area contributed by atoms with Crippen molar-refractivity contribution in [3.63, 3.8) is 0 Å². The van der Waals surface area contributed by atoms with Gasteiger partial charge in [0.05, 0.1) is 0 Å². The minimum atomic E-state index is -4.16. The number of carbonyl (C=O) groups is 2. The summed E-state index contributed by atoms with van der Waals surface area (Å²) in [6.07, 6.45) is -3.26. The number of amides is 2. The first-order chi connectivity index (χ1) is 9.31. The number of fused-ring (bicyclic) bond motifs is 1. The first kappa shape index (κ1) is 15.1. The zero-order valence-corrected chi connectivity index (χ0v) is 11.4. The van der Waals surface area contributed by atoms with E-state index in [2.05, 4.69) is 0 Å². The average molecular weight is 292 g/mol. The number of alkyl halides is 3. The van der Waals surface area contributed by atoms with E-state index in [0.29, 0.717) is 13.0 Å². The predicted molar refractivity (Wildman–Crippen MR) is 65.8 cm³/mol. The van der Waals surface area contributed by atoms with Crippen molar-refractivity contribution in [1.29, 1.82) is 0 Å². The Morgan fingerprint density at radius 2 is 1.90 bits per heavy atom. The van der Waals surface area contributed by atoms with Gasteiger partial charge in [-0.2, -0.15) is 13.2 Å². The van der Waals surface area contributed by atoms with Gasteiger partial charge in [0.2, 0.25) is 11.8 Å². The fraction of sp³-hybridized carbons (Fsp3) is 0.846. The number of hydrogen-bond donors (Lipinski definition) is 0. The van der Waals surface area contributed by atoms with E-state index >= 15 is 0 Å². The molecular weight excluding hydrogens is 273 g/mol. The second kappa shape index (κ2) is 5.61. The van der Waals surface area contributed by atoms with Gasteiger partial charge in [-0.3, -0.25) is 9.59 Å². The Hall–Kier alpha value is -1.27. The third-order valence-electron chi connectivity index (χ3n) is 4.04. The number of halogens is 3. The molecule has 2 aliphatic heterocycles. The van der Waals surface area contributed by atoms with Gasteiger partial charge >= 0.3 is 6.18 Å². The molecule has 0 bridgehead atoms. The van der Waals surface area contributed by atoms with Crippen LogP contribution in [0.1, 0.15) is 39.0 Å². The summed E-state index contributed by atoms with van der Waals surface area (Å²) in [5.74, 6) is -0.190. The highest BCUT2D eigenvalue weighted by Crippen LogP contribution is 2.27. The van der Waals surface area contributed by atoms with Crippen LogP contribution in [0, 0.1) is 0 Å². The molecule has 0 aliphatic carbocycles. The first-order valence-corrected chi connectivity index (χ1v) is 6.99. The third kappa shape index (κ3) is 3.07. The van der Waals surface area contributed by atoms with Crippen molar-refractivity contribution in [1.82, 2.24) is 9.80 Å². The molecule has 2 aliphatic rings. The van der Waals surface area contributed by atoms with Gasteiger partial charge in [0.15, 0.2) is 0 Å². The van der Waals surface area contributed by atoms with E-state index in [1.807, 2.05) is 0 Å². The molecule has 0 saturated carbocycles. The van der Waals surface area contributed by atoms with E-state index in [1.54, 1.807) is 11.8 Å². The van der Waals surface area contributed by atoms with E-state index in [-0.39, 0.29) is 37.2 Å². The molecule has 0 aromatic carbocycles. The number of nitrogens with zero attached hydrogens (tertiary/aromatic N) is 2. The van der Waals surface area contributed by atoms with Gasteiger partial charge in [-0.15, -0.1) is 0 Å². The number of rotatable bonds is 4. The molecule has 0 aromatic rings. The highest BCUT2D eigenvalue weighted by molar-refractivity contribution is 5.97. The third-order valence-corrected chi connectivity index (χ3v) is 4.04. The smallest absolute Gasteiger partial charge is 0.329 e. The van der Waals surface area contributed by atoms with Crippen molar-refractivity contribution >= 4 is 11.8 Å². The van der Waals surface area contributed by atoms with Crippen LogP contribution in [0.5, 0.6) is 0 Å². The Morgan fingerprint density at radius 3 is 2.55 bits per heavy atom. The second-order valence-corrected chi connectivity index (χ2v) is 5.47. The Balaban J connectivity index is 1.90. The number of hydrogen-bond acceptors (Lipinski definition) is 2. The van der Waals surface area contributed by atoms with Crippen molar-refractivity contribution in [2.24, 2.45) is 0 Å². The molecular formula is C13H19F3N2O2. The summed E-state index contributed by atoms with van der Waals surface area (Å²) in [5, 5.41) is 0. The lowest BCUT2D eigenvalue weighted by Gasteiger charge is -2.41. The minimum absolute atomic E-state index is 0.0113. The highest BCUT2D eigenvalue weighted by Gasteiger charge is 2.45. The molecule has 2 heterocycles. The molecule has 0 aromatic heterocycles. The molecule has 2 atom stereocenters. The van der Waals surface area contributed by atoms with Gasteiger partial charge in [-0.05, 0) is 32.6 Å². The predicted octanol–water partition coefficient (Wildman–Crippen LogP) is 1.94. The monoisotopic (exact) mass is 292 g/mol. The lowest BCUT2D eigenvalue weighted by atomic mass is 10.1. The summed E-state index contributed by atoms with van der Waals surface area (Å²) in [6.45, 7) is 2.49. The van der Waals surface area contributed by atoms with E-state index in [1.165, 1.54) is 4.90 Å². The van der Waals surface area contributed by atoms with Crippen LogP contribution in [0.3, 0.4) is 0 Å². The van der Waals surface area contributed by atoms with Crippen LogP contribution in [0.4, 0.5) is 13.2 Å². The first-order valence-electron chi connectivity index (χ1n) is 6.99. The zero-order valence-electron chi connectivity index (χ0n) is 11.4. The summed E-state index contributed by atoms with van der Waals surface area (Å²) in [5.41, 5.74) is 0. The van der Waals surface area contributed by atoms with Crippen molar-refractivity contribution in [2.45, 2.75) is 57.3 Å². The molecule has 7 heteroatoms. The standard InChI is InChI=1S/C13H19F3N2O2/c1-9-11(19)18-8-4-5-10(18)12(20)17(9)7-3-2-6-13(14,15)16/h9-10H,2-8H2,1H3. The number of carbonyl (C=O) groups excluding carboxylic acids is 2. The lowest BCUT2D eigenvalue weighted by Crippen LogP contribution is -2.61. The number of piperazine rings is 1. The second-order valence-electron chi connectivity index (χ2n) is 5.47. The molecule has 0 N–H and O–H groups in total. The van der Waals surface area contributed by atoms with Crippen molar-refractivity contribution in [3.8, 4) is 0 Å². The number of unbranched alkanes of at least 4 members (excludes halogenated alkanes) is 1. The van der Waals surface area contributed by atoms with Gasteiger partial charge in [0, 0.05) is 19.5 Å². The molecule has 2 saturated heterocycles. The Kier molecular flexibility index (Phi) is 4.25. The van der Waals surface area contributed by atoms with Crippen LogP contribution < -0.4 is 0 Å². The normalized spacial score (nSPS) is 27.2. The lowest BCUT2D eigenvalue weighted by molar-refractivity contribution is -0.158. The quantitative estimate of drug-likeness (QED) is 0.743. The van der Waals surface area contributed by atoms with Crippen LogP contribution in [0.2, 0.25) is 0 Å². The fourth-order valence-corrected chi connectivity index (χ4v) is 2.95. The maximum absolute atomic E-state index is 12.3. The van der Waals surface area contributed by atoms with E-state index in [4.69, 9.17) is 0 Å². The Morgan fingerprint density at radius 1 is 1.20 bits per heavy atom. The van der Waals surface area contributed by atoms with Crippen LogP contribution in [-0.4, -0.2) is 53.0 Å². The molecule has 2 unspecified atom stereocenters.